The first-order valence-electron chi connectivity index (χ1n) is 9.30. The van der Waals surface area contributed by atoms with Crippen LogP contribution in [0.5, 0.6) is 5.75 Å². The summed E-state index contributed by atoms with van der Waals surface area (Å²) in [5.41, 5.74) is 1.53. The van der Waals surface area contributed by atoms with Crippen LogP contribution in [-0.4, -0.2) is 42.5 Å². The maximum Gasteiger partial charge on any atom is 0.410 e. The summed E-state index contributed by atoms with van der Waals surface area (Å²) in [6, 6.07) is 10.8. The van der Waals surface area contributed by atoms with E-state index in [2.05, 4.69) is 0 Å². The number of hydrogen-bond donors (Lipinski definition) is 0. The maximum atomic E-state index is 13.5. The highest BCUT2D eigenvalue weighted by atomic mass is 19.4. The normalized spacial score (nSPS) is 19.7. The van der Waals surface area contributed by atoms with Crippen molar-refractivity contribution in [3.05, 3.63) is 54.3 Å². The third-order valence-corrected chi connectivity index (χ3v) is 4.75. The van der Waals surface area contributed by atoms with E-state index in [1.807, 2.05) is 6.07 Å². The van der Waals surface area contributed by atoms with E-state index in [1.165, 1.54) is 12.1 Å². The minimum Gasteiger partial charge on any atom is -0.490 e. The van der Waals surface area contributed by atoms with E-state index in [4.69, 9.17) is 9.47 Å². The predicted molar refractivity (Wildman–Crippen MR) is 99.1 cm³/mol. The number of rotatable bonds is 4. The molecule has 0 aliphatic carbocycles. The summed E-state index contributed by atoms with van der Waals surface area (Å²) >= 11 is 0. The Hall–Kier alpha value is -2.77. The molecule has 0 bridgehead atoms. The summed E-state index contributed by atoms with van der Waals surface area (Å²) in [4.78, 5) is 12.6. The summed E-state index contributed by atoms with van der Waals surface area (Å²) in [5.74, 6) is 0.0649. The Morgan fingerprint density at radius 1 is 1.14 bits per heavy atom. The van der Waals surface area contributed by atoms with Crippen molar-refractivity contribution in [2.24, 2.45) is 0 Å². The number of carbonyl (C=O) groups is 1. The molecule has 1 fully saturated rings. The van der Waals surface area contributed by atoms with E-state index in [0.29, 0.717) is 5.75 Å². The van der Waals surface area contributed by atoms with E-state index in [1.54, 1.807) is 37.3 Å². The third-order valence-electron chi connectivity index (χ3n) is 4.75. The maximum absolute atomic E-state index is 13.5. The molecule has 1 aliphatic rings. The van der Waals surface area contributed by atoms with E-state index < -0.39 is 24.4 Å². The highest BCUT2D eigenvalue weighted by Gasteiger charge is 2.49. The number of piperidine rings is 1. The molecule has 156 valence electrons. The Morgan fingerprint density at radius 2 is 1.86 bits per heavy atom. The van der Waals surface area contributed by atoms with Crippen molar-refractivity contribution in [1.29, 1.82) is 0 Å². The van der Waals surface area contributed by atoms with Crippen LogP contribution < -0.4 is 4.74 Å². The van der Waals surface area contributed by atoms with E-state index in [-0.39, 0.29) is 31.8 Å². The molecule has 0 spiro atoms. The molecule has 1 saturated heterocycles. The molecule has 0 radical (unpaired) electrons. The molecule has 2 atom stereocenters. The molecular formula is C21H21F4NO3. The monoisotopic (exact) mass is 411 g/mol. The van der Waals surface area contributed by atoms with Gasteiger partial charge < -0.3 is 9.47 Å². The summed E-state index contributed by atoms with van der Waals surface area (Å²) in [7, 11) is 0. The Labute approximate surface area is 166 Å². The van der Waals surface area contributed by atoms with Crippen LogP contribution in [0.4, 0.5) is 22.4 Å². The number of benzene rings is 2. The van der Waals surface area contributed by atoms with Gasteiger partial charge in [0.1, 0.15) is 23.7 Å². The van der Waals surface area contributed by atoms with Gasteiger partial charge in [-0.2, -0.15) is 13.2 Å². The molecule has 0 saturated carbocycles. The molecule has 1 amide bonds. The van der Waals surface area contributed by atoms with Crippen LogP contribution in [0.15, 0.2) is 48.5 Å². The van der Waals surface area contributed by atoms with Gasteiger partial charge in [0.25, 0.3) is 0 Å². The van der Waals surface area contributed by atoms with Crippen LogP contribution in [0.25, 0.3) is 11.1 Å². The molecule has 4 nitrogen and oxygen atoms in total. The number of alkyl halides is 3. The Bertz CT molecular complexity index is 839. The second-order valence-electron chi connectivity index (χ2n) is 6.75. The Morgan fingerprint density at radius 3 is 2.52 bits per heavy atom. The van der Waals surface area contributed by atoms with Gasteiger partial charge in [-0.25, -0.2) is 9.18 Å². The largest absolute Gasteiger partial charge is 0.490 e. The first kappa shape index (κ1) is 21.0. The molecule has 8 heteroatoms. The summed E-state index contributed by atoms with van der Waals surface area (Å²) in [5, 5.41) is 0. The lowest BCUT2D eigenvalue weighted by atomic mass is 9.99. The van der Waals surface area contributed by atoms with Gasteiger partial charge in [-0.1, -0.05) is 24.3 Å². The lowest BCUT2D eigenvalue weighted by Gasteiger charge is -2.39. The zero-order valence-electron chi connectivity index (χ0n) is 15.8. The average molecular weight is 411 g/mol. The highest BCUT2D eigenvalue weighted by Crippen LogP contribution is 2.34. The third kappa shape index (κ3) is 5.19. The van der Waals surface area contributed by atoms with Gasteiger partial charge in [0.05, 0.1) is 6.61 Å². The van der Waals surface area contributed by atoms with Gasteiger partial charge in [-0.05, 0) is 42.3 Å². The van der Waals surface area contributed by atoms with Crippen molar-refractivity contribution in [3.63, 3.8) is 0 Å². The van der Waals surface area contributed by atoms with Gasteiger partial charge in [0.15, 0.2) is 0 Å². The van der Waals surface area contributed by atoms with Crippen molar-refractivity contribution in [2.75, 3.05) is 13.2 Å². The number of amides is 1. The highest BCUT2D eigenvalue weighted by molar-refractivity contribution is 5.68. The van der Waals surface area contributed by atoms with Crippen LogP contribution in [0.2, 0.25) is 0 Å². The number of halogens is 4. The smallest absolute Gasteiger partial charge is 0.410 e. The molecular weight excluding hydrogens is 390 g/mol. The van der Waals surface area contributed by atoms with Crippen LogP contribution in [0, 0.1) is 5.82 Å². The predicted octanol–water partition coefficient (Wildman–Crippen LogP) is 5.42. The zero-order chi connectivity index (χ0) is 21.0. The van der Waals surface area contributed by atoms with Crippen LogP contribution in [0.1, 0.15) is 19.8 Å². The molecule has 0 aromatic heterocycles. The van der Waals surface area contributed by atoms with Gasteiger partial charge in [-0.15, -0.1) is 0 Å². The van der Waals surface area contributed by atoms with Gasteiger partial charge >= 0.3 is 12.3 Å². The lowest BCUT2D eigenvalue weighted by molar-refractivity contribution is -0.192. The van der Waals surface area contributed by atoms with Crippen LogP contribution >= 0.6 is 0 Å². The van der Waals surface area contributed by atoms with Gasteiger partial charge in [0.2, 0.25) is 0 Å². The SMILES string of the molecule is CCOC(=O)N1CCC(Oc2cccc(-c3ccc(F)cc3)c2)CC1C(F)(F)F. The van der Waals surface area contributed by atoms with E-state index in [0.717, 1.165) is 16.0 Å². The summed E-state index contributed by atoms with van der Waals surface area (Å²) in [6.07, 6.45) is -6.36. The molecule has 2 aromatic rings. The van der Waals surface area contributed by atoms with Crippen LogP contribution in [-0.2, 0) is 4.74 Å². The summed E-state index contributed by atoms with van der Waals surface area (Å²) in [6.45, 7) is 1.45. The zero-order valence-corrected chi connectivity index (χ0v) is 15.8. The molecule has 1 aliphatic heterocycles. The van der Waals surface area contributed by atoms with Crippen molar-refractivity contribution >= 4 is 6.09 Å². The fraction of sp³-hybridized carbons (Fsp3) is 0.381. The van der Waals surface area contributed by atoms with E-state index in [9.17, 15) is 22.4 Å². The average Bonchev–Trinajstić information content (AvgIpc) is 2.68. The standard InChI is InChI=1S/C21H21F4NO3/c1-2-28-20(27)26-11-10-18(13-19(26)21(23,24)25)29-17-5-3-4-15(12-17)14-6-8-16(22)9-7-14/h3-9,12,18-19H,2,10-11,13H2,1H3. The Kier molecular flexibility index (Phi) is 6.30. The summed E-state index contributed by atoms with van der Waals surface area (Å²) < 4.78 is 64.1. The number of nitrogens with zero attached hydrogens (tertiary/aromatic N) is 1. The second kappa shape index (κ2) is 8.71. The minimum absolute atomic E-state index is 0.00994. The van der Waals surface area contributed by atoms with Crippen molar-refractivity contribution in [1.82, 2.24) is 4.90 Å². The molecule has 29 heavy (non-hydrogen) atoms. The molecule has 1 heterocycles. The fourth-order valence-electron chi connectivity index (χ4n) is 3.36. The quantitative estimate of drug-likeness (QED) is 0.631. The fourth-order valence-corrected chi connectivity index (χ4v) is 3.36. The first-order valence-corrected chi connectivity index (χ1v) is 9.30. The van der Waals surface area contributed by atoms with Crippen molar-refractivity contribution in [3.8, 4) is 16.9 Å². The minimum atomic E-state index is -4.58. The number of likely N-dealkylation sites (tertiary alicyclic amines) is 1. The van der Waals surface area contributed by atoms with Crippen molar-refractivity contribution in [2.45, 2.75) is 38.1 Å². The molecule has 3 rings (SSSR count). The number of hydrogen-bond acceptors (Lipinski definition) is 3. The van der Waals surface area contributed by atoms with Crippen LogP contribution in [0.3, 0.4) is 0 Å². The molecule has 2 aromatic carbocycles. The van der Waals surface area contributed by atoms with E-state index >= 15 is 0 Å². The lowest BCUT2D eigenvalue weighted by Crippen LogP contribution is -2.55. The molecule has 2 unspecified atom stereocenters. The first-order chi connectivity index (χ1) is 13.8. The van der Waals surface area contributed by atoms with Gasteiger partial charge in [-0.3, -0.25) is 4.90 Å². The van der Waals surface area contributed by atoms with Crippen molar-refractivity contribution < 1.29 is 31.8 Å². The Balaban J connectivity index is 1.73. The number of carbonyl (C=O) groups excluding carboxylic acids is 1. The van der Waals surface area contributed by atoms with Gasteiger partial charge in [0, 0.05) is 19.4 Å². The second-order valence-corrected chi connectivity index (χ2v) is 6.75. The number of ether oxygens (including phenoxy) is 2. The molecule has 0 N–H and O–H groups in total. The topological polar surface area (TPSA) is 38.8 Å².